The number of amides is 1. The number of piperidine rings is 1. The highest BCUT2D eigenvalue weighted by Gasteiger charge is 2.52. The second-order valence-corrected chi connectivity index (χ2v) is 8.82. The molecule has 166 valence electrons. The van der Waals surface area contributed by atoms with E-state index in [1.54, 1.807) is 25.2 Å². The number of aliphatic hydroxyl groups is 2. The molecule has 2 N–H and O–H groups in total. The molecule has 1 aliphatic carbocycles. The number of aliphatic hydroxyl groups excluding tert-OH is 1. The summed E-state index contributed by atoms with van der Waals surface area (Å²) in [6.07, 6.45) is 5.76. The SMILES string of the molecule is CC1=CC(O)C(OC(=O)C2CCCCN2C(=O)C(=O)C2(O)OC(S)CCC2C)C=C1. The van der Waals surface area contributed by atoms with E-state index in [-0.39, 0.29) is 6.54 Å². The van der Waals surface area contributed by atoms with Gasteiger partial charge in [0.25, 0.3) is 11.7 Å². The first kappa shape index (κ1) is 23.0. The lowest BCUT2D eigenvalue weighted by atomic mass is 9.88. The smallest absolute Gasteiger partial charge is 0.329 e. The van der Waals surface area contributed by atoms with E-state index in [2.05, 4.69) is 12.6 Å². The Labute approximate surface area is 181 Å². The highest BCUT2D eigenvalue weighted by molar-refractivity contribution is 7.80. The maximum atomic E-state index is 13.0. The van der Waals surface area contributed by atoms with Gasteiger partial charge < -0.3 is 24.6 Å². The van der Waals surface area contributed by atoms with Gasteiger partial charge in [-0.15, -0.1) is 12.6 Å². The van der Waals surface area contributed by atoms with Crippen LogP contribution in [-0.4, -0.2) is 68.8 Å². The van der Waals surface area contributed by atoms with Gasteiger partial charge in [0.1, 0.15) is 23.7 Å². The van der Waals surface area contributed by atoms with Crippen LogP contribution in [0.5, 0.6) is 0 Å². The molecule has 3 aliphatic rings. The number of rotatable bonds is 4. The molecule has 3 rings (SSSR count). The first-order valence-corrected chi connectivity index (χ1v) is 10.8. The zero-order chi connectivity index (χ0) is 22.1. The van der Waals surface area contributed by atoms with Crippen LogP contribution < -0.4 is 0 Å². The Balaban J connectivity index is 1.73. The van der Waals surface area contributed by atoms with Crippen molar-refractivity contribution in [1.29, 1.82) is 0 Å². The normalized spacial score (nSPS) is 36.8. The number of esters is 1. The molecule has 0 aromatic heterocycles. The van der Waals surface area contributed by atoms with Gasteiger partial charge in [-0.05, 0) is 51.2 Å². The predicted molar refractivity (Wildman–Crippen MR) is 110 cm³/mol. The lowest BCUT2D eigenvalue weighted by molar-refractivity contribution is -0.247. The van der Waals surface area contributed by atoms with Gasteiger partial charge in [-0.3, -0.25) is 9.59 Å². The summed E-state index contributed by atoms with van der Waals surface area (Å²) in [5, 5.41) is 20.9. The minimum atomic E-state index is -2.27. The summed E-state index contributed by atoms with van der Waals surface area (Å²) in [5.74, 6) is -5.59. The molecule has 0 aromatic rings. The maximum Gasteiger partial charge on any atom is 0.329 e. The third-order valence-corrected chi connectivity index (χ3v) is 6.32. The molecule has 2 saturated heterocycles. The van der Waals surface area contributed by atoms with Crippen LogP contribution in [0.15, 0.2) is 23.8 Å². The summed E-state index contributed by atoms with van der Waals surface area (Å²) < 4.78 is 10.8. The number of Topliss-reactive ketones (excluding diaryl/α,β-unsaturated/α-hetero) is 1. The number of carbonyl (C=O) groups is 3. The quantitative estimate of drug-likeness (QED) is 0.342. The van der Waals surface area contributed by atoms with Crippen molar-refractivity contribution in [3.63, 3.8) is 0 Å². The van der Waals surface area contributed by atoms with Crippen LogP contribution in [0.1, 0.15) is 46.0 Å². The molecule has 6 atom stereocenters. The summed E-state index contributed by atoms with van der Waals surface area (Å²) in [6, 6.07) is -0.961. The lowest BCUT2D eigenvalue weighted by Gasteiger charge is -2.41. The molecule has 8 nitrogen and oxygen atoms in total. The van der Waals surface area contributed by atoms with E-state index in [0.29, 0.717) is 32.1 Å². The number of allylic oxidation sites excluding steroid dienone is 2. The third-order valence-electron chi connectivity index (χ3n) is 5.96. The van der Waals surface area contributed by atoms with Gasteiger partial charge >= 0.3 is 5.97 Å². The van der Waals surface area contributed by atoms with Crippen LogP contribution in [0.3, 0.4) is 0 Å². The molecule has 2 fully saturated rings. The van der Waals surface area contributed by atoms with Gasteiger partial charge in [0, 0.05) is 12.5 Å². The van der Waals surface area contributed by atoms with E-state index in [1.165, 1.54) is 0 Å². The first-order valence-electron chi connectivity index (χ1n) is 10.3. The average molecular weight is 440 g/mol. The van der Waals surface area contributed by atoms with Gasteiger partial charge in [0.2, 0.25) is 5.79 Å². The number of likely N-dealkylation sites (tertiary alicyclic amines) is 1. The number of nitrogens with zero attached hydrogens (tertiary/aromatic N) is 1. The van der Waals surface area contributed by atoms with Crippen LogP contribution in [-0.2, 0) is 23.9 Å². The summed E-state index contributed by atoms with van der Waals surface area (Å²) in [4.78, 5) is 39.9. The number of ether oxygens (including phenoxy) is 2. The monoisotopic (exact) mass is 439 g/mol. The zero-order valence-electron chi connectivity index (χ0n) is 17.2. The number of ketones is 1. The number of thiol groups is 1. The zero-order valence-corrected chi connectivity index (χ0v) is 18.1. The van der Waals surface area contributed by atoms with Gasteiger partial charge in [-0.25, -0.2) is 4.79 Å². The molecule has 0 aromatic carbocycles. The van der Waals surface area contributed by atoms with Crippen molar-refractivity contribution in [2.45, 2.75) is 75.4 Å². The van der Waals surface area contributed by atoms with Gasteiger partial charge in [-0.2, -0.15) is 0 Å². The summed E-state index contributed by atoms with van der Waals surface area (Å²) >= 11 is 4.18. The summed E-state index contributed by atoms with van der Waals surface area (Å²) in [7, 11) is 0. The fraction of sp³-hybridized carbons (Fsp3) is 0.667. The van der Waals surface area contributed by atoms with Crippen LogP contribution in [0.2, 0.25) is 0 Å². The average Bonchev–Trinajstić information content (AvgIpc) is 2.71. The Kier molecular flexibility index (Phi) is 7.06. The Morgan fingerprint density at radius 1 is 1.27 bits per heavy atom. The van der Waals surface area contributed by atoms with Gasteiger partial charge in [0.05, 0.1) is 0 Å². The minimum absolute atomic E-state index is 0.196. The third kappa shape index (κ3) is 4.64. The van der Waals surface area contributed by atoms with Crippen molar-refractivity contribution in [3.8, 4) is 0 Å². The second kappa shape index (κ2) is 9.21. The van der Waals surface area contributed by atoms with Crippen molar-refractivity contribution >= 4 is 30.3 Å². The van der Waals surface area contributed by atoms with Crippen molar-refractivity contribution < 1.29 is 34.1 Å². The van der Waals surface area contributed by atoms with E-state index in [1.807, 2.05) is 6.92 Å². The second-order valence-electron chi connectivity index (χ2n) is 8.25. The molecule has 0 spiro atoms. The Morgan fingerprint density at radius 3 is 2.70 bits per heavy atom. The van der Waals surface area contributed by atoms with Crippen molar-refractivity contribution in [1.82, 2.24) is 4.90 Å². The fourth-order valence-corrected chi connectivity index (χ4v) is 4.36. The number of carbonyl (C=O) groups excluding carboxylic acids is 3. The first-order chi connectivity index (χ1) is 14.1. The fourth-order valence-electron chi connectivity index (χ4n) is 4.05. The Bertz CT molecular complexity index is 766. The molecular weight excluding hydrogens is 410 g/mol. The van der Waals surface area contributed by atoms with Crippen LogP contribution in [0, 0.1) is 5.92 Å². The minimum Gasteiger partial charge on any atom is -0.453 e. The van der Waals surface area contributed by atoms with Crippen molar-refractivity contribution in [2.75, 3.05) is 6.54 Å². The molecule has 0 bridgehead atoms. The molecule has 0 saturated carbocycles. The van der Waals surface area contributed by atoms with Crippen LogP contribution >= 0.6 is 12.6 Å². The van der Waals surface area contributed by atoms with Crippen molar-refractivity contribution in [3.05, 3.63) is 23.8 Å². The number of hydrogen-bond acceptors (Lipinski definition) is 8. The van der Waals surface area contributed by atoms with Crippen LogP contribution in [0.4, 0.5) is 0 Å². The predicted octanol–water partition coefficient (Wildman–Crippen LogP) is 1.12. The molecule has 2 heterocycles. The molecule has 0 radical (unpaired) electrons. The van der Waals surface area contributed by atoms with E-state index >= 15 is 0 Å². The molecular formula is C21H29NO7S. The highest BCUT2D eigenvalue weighted by atomic mass is 32.1. The largest absolute Gasteiger partial charge is 0.453 e. The van der Waals surface area contributed by atoms with E-state index in [0.717, 1.165) is 10.5 Å². The van der Waals surface area contributed by atoms with E-state index in [9.17, 15) is 24.6 Å². The highest BCUT2D eigenvalue weighted by Crippen LogP contribution is 2.35. The summed E-state index contributed by atoms with van der Waals surface area (Å²) in [5.41, 5.74) is 0.202. The summed E-state index contributed by atoms with van der Waals surface area (Å²) in [6.45, 7) is 3.65. The van der Waals surface area contributed by atoms with Crippen LogP contribution in [0.25, 0.3) is 0 Å². The maximum absolute atomic E-state index is 13.0. The molecule has 9 heteroatoms. The van der Waals surface area contributed by atoms with Gasteiger partial charge in [0.15, 0.2) is 0 Å². The van der Waals surface area contributed by atoms with Crippen molar-refractivity contribution in [2.24, 2.45) is 5.92 Å². The van der Waals surface area contributed by atoms with E-state index < -0.39 is 53.1 Å². The molecule has 6 unspecified atom stereocenters. The topological polar surface area (TPSA) is 113 Å². The van der Waals surface area contributed by atoms with Gasteiger partial charge in [-0.1, -0.05) is 18.6 Å². The van der Waals surface area contributed by atoms with E-state index in [4.69, 9.17) is 9.47 Å². The Morgan fingerprint density at radius 2 is 2.00 bits per heavy atom. The molecule has 30 heavy (non-hydrogen) atoms. The standard InChI is InChI=1S/C21H29NO7S/c1-12-6-8-16(15(23)11-12)28-20(26)14-5-3-4-10-22(14)19(25)18(24)21(27)13(2)7-9-17(30)29-21/h6,8,11,13-17,23,27,30H,3-5,7,9-10H2,1-2H3. The molecule has 2 aliphatic heterocycles. The Hall–Kier alpha value is -1.68. The molecule has 1 amide bonds. The lowest BCUT2D eigenvalue weighted by Crippen LogP contribution is -2.60. The number of hydrogen-bond donors (Lipinski definition) is 3.